The number of hydrogen-bond acceptors (Lipinski definition) is 4. The van der Waals surface area contributed by atoms with Crippen LogP contribution in [0.3, 0.4) is 0 Å². The van der Waals surface area contributed by atoms with Gasteiger partial charge in [0, 0.05) is 55.9 Å². The standard InChI is InChI=1S/C23H34N4O3/c1-4-6-19-17-12-18(20-7-5-8-22(29)27(19)20)14-25(13-17)21(28)9-10-26-16(3)11-15(2)24-23(26)30/h11,17-20H,4-10,12-14H2,1-3H3/t17-,18+,19-,20-/m0/s1. The first-order valence-electron chi connectivity index (χ1n) is 11.5. The van der Waals surface area contributed by atoms with Crippen molar-refractivity contribution in [3.05, 3.63) is 27.9 Å². The zero-order valence-electron chi connectivity index (χ0n) is 18.5. The van der Waals surface area contributed by atoms with E-state index in [1.165, 1.54) is 0 Å². The molecule has 4 rings (SSSR count). The van der Waals surface area contributed by atoms with Crippen LogP contribution in [-0.2, 0) is 16.1 Å². The van der Waals surface area contributed by atoms with Gasteiger partial charge in [-0.2, -0.15) is 4.98 Å². The van der Waals surface area contributed by atoms with Crippen molar-refractivity contribution in [2.24, 2.45) is 11.8 Å². The molecule has 2 bridgehead atoms. The minimum absolute atomic E-state index is 0.113. The first-order chi connectivity index (χ1) is 14.4. The maximum absolute atomic E-state index is 13.1. The largest absolute Gasteiger partial charge is 0.347 e. The first kappa shape index (κ1) is 21.1. The number of carbonyl (C=O) groups excluding carboxylic acids is 2. The van der Waals surface area contributed by atoms with Crippen molar-refractivity contribution in [2.75, 3.05) is 13.1 Å². The number of likely N-dealkylation sites (tertiary alicyclic amines) is 1. The molecule has 3 saturated heterocycles. The van der Waals surface area contributed by atoms with E-state index in [9.17, 15) is 14.4 Å². The van der Waals surface area contributed by atoms with Gasteiger partial charge in [0.1, 0.15) is 0 Å². The fourth-order valence-electron chi connectivity index (χ4n) is 6.06. The Hall–Kier alpha value is -2.18. The number of aryl methyl sites for hydroxylation is 2. The number of amides is 2. The summed E-state index contributed by atoms with van der Waals surface area (Å²) in [5.41, 5.74) is 1.27. The summed E-state index contributed by atoms with van der Waals surface area (Å²) < 4.78 is 1.59. The second-order valence-corrected chi connectivity index (χ2v) is 9.39. The Balaban J connectivity index is 1.47. The van der Waals surface area contributed by atoms with Crippen LogP contribution in [0.4, 0.5) is 0 Å². The van der Waals surface area contributed by atoms with Crippen molar-refractivity contribution >= 4 is 11.8 Å². The summed E-state index contributed by atoms with van der Waals surface area (Å²) in [5, 5.41) is 0. The average Bonchev–Trinajstić information content (AvgIpc) is 2.70. The number of aromatic nitrogens is 2. The number of piperidine rings is 3. The molecule has 0 spiro atoms. The highest BCUT2D eigenvalue weighted by Gasteiger charge is 2.49. The summed E-state index contributed by atoms with van der Waals surface area (Å²) in [6.07, 6.45) is 6.23. The first-order valence-corrected chi connectivity index (χ1v) is 11.5. The lowest BCUT2D eigenvalue weighted by Crippen LogP contribution is -2.65. The Morgan fingerprint density at radius 2 is 1.97 bits per heavy atom. The fraction of sp³-hybridized carbons (Fsp3) is 0.739. The van der Waals surface area contributed by atoms with Gasteiger partial charge in [-0.25, -0.2) is 4.79 Å². The summed E-state index contributed by atoms with van der Waals surface area (Å²) in [4.78, 5) is 46.2. The molecule has 0 aromatic carbocycles. The predicted molar refractivity (Wildman–Crippen MR) is 114 cm³/mol. The lowest BCUT2D eigenvalue weighted by Gasteiger charge is -2.56. The molecule has 0 N–H and O–H groups in total. The quantitative estimate of drug-likeness (QED) is 0.741. The van der Waals surface area contributed by atoms with E-state index in [0.717, 1.165) is 50.9 Å². The minimum Gasteiger partial charge on any atom is -0.342 e. The van der Waals surface area contributed by atoms with Crippen LogP contribution in [0.5, 0.6) is 0 Å². The highest BCUT2D eigenvalue weighted by Crippen LogP contribution is 2.43. The third-order valence-electron chi connectivity index (χ3n) is 7.33. The second-order valence-electron chi connectivity index (χ2n) is 9.39. The molecule has 0 saturated carbocycles. The molecule has 0 unspecified atom stereocenters. The highest BCUT2D eigenvalue weighted by molar-refractivity contribution is 5.78. The SMILES string of the molecule is CCC[C@H]1[C@H]2C[C@H](CN(C(=O)CCn3c(C)cc(C)nc3=O)C2)[C@@H]2CCCC(=O)N21. The van der Waals surface area contributed by atoms with Crippen LogP contribution in [0, 0.1) is 25.7 Å². The van der Waals surface area contributed by atoms with Crippen LogP contribution in [0.1, 0.15) is 63.3 Å². The minimum atomic E-state index is -0.282. The van der Waals surface area contributed by atoms with E-state index in [1.807, 2.05) is 24.8 Å². The highest BCUT2D eigenvalue weighted by atomic mass is 16.2. The number of nitrogens with zero attached hydrogens (tertiary/aromatic N) is 4. The monoisotopic (exact) mass is 414 g/mol. The van der Waals surface area contributed by atoms with Gasteiger partial charge in [0.05, 0.1) is 0 Å². The summed E-state index contributed by atoms with van der Waals surface area (Å²) >= 11 is 0. The molecule has 4 heterocycles. The van der Waals surface area contributed by atoms with Gasteiger partial charge >= 0.3 is 5.69 Å². The van der Waals surface area contributed by atoms with Crippen molar-refractivity contribution in [3.63, 3.8) is 0 Å². The molecule has 0 aliphatic carbocycles. The molecule has 3 fully saturated rings. The van der Waals surface area contributed by atoms with E-state index in [2.05, 4.69) is 16.8 Å². The Morgan fingerprint density at radius 1 is 1.20 bits per heavy atom. The van der Waals surface area contributed by atoms with Crippen LogP contribution < -0.4 is 5.69 Å². The fourth-order valence-corrected chi connectivity index (χ4v) is 6.06. The molecule has 4 atom stereocenters. The van der Waals surface area contributed by atoms with Crippen molar-refractivity contribution < 1.29 is 9.59 Å². The Bertz CT molecular complexity index is 880. The Kier molecular flexibility index (Phi) is 5.98. The predicted octanol–water partition coefficient (Wildman–Crippen LogP) is 2.28. The number of fused-ring (bicyclic) bond motifs is 4. The summed E-state index contributed by atoms with van der Waals surface area (Å²) in [7, 11) is 0. The van der Waals surface area contributed by atoms with Crippen LogP contribution in [0.15, 0.2) is 10.9 Å². The molecule has 1 aromatic heterocycles. The average molecular weight is 415 g/mol. The van der Waals surface area contributed by atoms with Crippen molar-refractivity contribution in [2.45, 2.75) is 84.3 Å². The van der Waals surface area contributed by atoms with Gasteiger partial charge in [-0.3, -0.25) is 14.2 Å². The molecule has 0 radical (unpaired) electrons. The molecule has 7 heteroatoms. The maximum Gasteiger partial charge on any atom is 0.347 e. The van der Waals surface area contributed by atoms with Gasteiger partial charge in [-0.15, -0.1) is 0 Å². The summed E-state index contributed by atoms with van der Waals surface area (Å²) in [6, 6.07) is 2.44. The van der Waals surface area contributed by atoms with Gasteiger partial charge in [-0.05, 0) is 57.4 Å². The van der Waals surface area contributed by atoms with Crippen molar-refractivity contribution in [1.29, 1.82) is 0 Å². The van der Waals surface area contributed by atoms with E-state index < -0.39 is 0 Å². The van der Waals surface area contributed by atoms with Gasteiger partial charge < -0.3 is 9.80 Å². The molecular weight excluding hydrogens is 380 g/mol. The van der Waals surface area contributed by atoms with E-state index in [0.29, 0.717) is 48.9 Å². The molecule has 3 aliphatic rings. The second kappa shape index (κ2) is 8.52. The Labute approximate surface area is 178 Å². The third-order valence-corrected chi connectivity index (χ3v) is 7.33. The van der Waals surface area contributed by atoms with Crippen LogP contribution >= 0.6 is 0 Å². The van der Waals surface area contributed by atoms with Crippen molar-refractivity contribution in [1.82, 2.24) is 19.4 Å². The summed E-state index contributed by atoms with van der Waals surface area (Å²) in [6.45, 7) is 7.71. The number of rotatable bonds is 5. The lowest BCUT2D eigenvalue weighted by atomic mass is 9.71. The van der Waals surface area contributed by atoms with Gasteiger partial charge in [0.25, 0.3) is 0 Å². The molecule has 1 aromatic rings. The van der Waals surface area contributed by atoms with E-state index in [4.69, 9.17) is 0 Å². The normalized spacial score (nSPS) is 28.4. The zero-order chi connectivity index (χ0) is 21.4. The van der Waals surface area contributed by atoms with E-state index in [-0.39, 0.29) is 17.6 Å². The molecule has 3 aliphatic heterocycles. The van der Waals surface area contributed by atoms with Crippen LogP contribution in [0.2, 0.25) is 0 Å². The molecular formula is C23H34N4O3. The van der Waals surface area contributed by atoms with Gasteiger partial charge in [0.2, 0.25) is 11.8 Å². The maximum atomic E-state index is 13.1. The lowest BCUT2D eigenvalue weighted by molar-refractivity contribution is -0.156. The van der Waals surface area contributed by atoms with E-state index in [1.54, 1.807) is 4.57 Å². The molecule has 7 nitrogen and oxygen atoms in total. The smallest absolute Gasteiger partial charge is 0.342 e. The topological polar surface area (TPSA) is 75.5 Å². The van der Waals surface area contributed by atoms with Crippen molar-refractivity contribution in [3.8, 4) is 0 Å². The van der Waals surface area contributed by atoms with Crippen LogP contribution in [0.25, 0.3) is 0 Å². The molecule has 164 valence electrons. The molecule has 2 amide bonds. The van der Waals surface area contributed by atoms with E-state index >= 15 is 0 Å². The molecule has 30 heavy (non-hydrogen) atoms. The number of hydrogen-bond donors (Lipinski definition) is 0. The number of carbonyl (C=O) groups is 2. The van der Waals surface area contributed by atoms with Crippen LogP contribution in [-0.4, -0.2) is 56.3 Å². The summed E-state index contributed by atoms with van der Waals surface area (Å²) in [5.74, 6) is 1.19. The Morgan fingerprint density at radius 3 is 2.70 bits per heavy atom. The third kappa shape index (κ3) is 3.91. The van der Waals surface area contributed by atoms with Gasteiger partial charge in [-0.1, -0.05) is 13.3 Å². The zero-order valence-corrected chi connectivity index (χ0v) is 18.5. The van der Waals surface area contributed by atoms with Gasteiger partial charge in [0.15, 0.2) is 0 Å².